The minimum atomic E-state index is -3.03. The highest BCUT2D eigenvalue weighted by Gasteiger charge is 2.22. The SMILES string of the molecule is O=P(CCl)(OCCBr)OCCBr. The summed E-state index contributed by atoms with van der Waals surface area (Å²) in [6, 6.07) is 0. The Morgan fingerprint density at radius 2 is 1.58 bits per heavy atom. The van der Waals surface area contributed by atoms with E-state index in [2.05, 4.69) is 31.9 Å². The van der Waals surface area contributed by atoms with Gasteiger partial charge in [-0.2, -0.15) is 0 Å². The lowest BCUT2D eigenvalue weighted by molar-refractivity contribution is 0.227. The summed E-state index contributed by atoms with van der Waals surface area (Å²) in [6.07, 6.45) is 0. The summed E-state index contributed by atoms with van der Waals surface area (Å²) in [6.45, 7) is 0.679. The summed E-state index contributed by atoms with van der Waals surface area (Å²) in [7, 11) is -3.03. The lowest BCUT2D eigenvalue weighted by Crippen LogP contribution is -2.01. The molecule has 0 saturated heterocycles. The standard InChI is InChI=1S/C5H10Br2ClO3P/c6-1-3-10-12(9,5-8)11-4-2-7/h1-5H2. The van der Waals surface area contributed by atoms with Crippen molar-refractivity contribution >= 4 is 51.1 Å². The van der Waals surface area contributed by atoms with Gasteiger partial charge in [-0.15, -0.1) is 11.6 Å². The molecule has 0 aromatic carbocycles. The Morgan fingerprint density at radius 1 is 1.17 bits per heavy atom. The van der Waals surface area contributed by atoms with Gasteiger partial charge in [-0.05, 0) is 0 Å². The van der Waals surface area contributed by atoms with Crippen LogP contribution in [0.25, 0.3) is 0 Å². The van der Waals surface area contributed by atoms with Gasteiger partial charge in [0.15, 0.2) is 0 Å². The molecule has 0 rings (SSSR count). The van der Waals surface area contributed by atoms with Gasteiger partial charge < -0.3 is 9.05 Å². The van der Waals surface area contributed by atoms with E-state index in [9.17, 15) is 4.57 Å². The summed E-state index contributed by atoms with van der Waals surface area (Å²) >= 11 is 11.7. The third-order valence-electron chi connectivity index (χ3n) is 0.877. The van der Waals surface area contributed by atoms with Crippen LogP contribution in [0.15, 0.2) is 0 Å². The van der Waals surface area contributed by atoms with Crippen molar-refractivity contribution in [1.82, 2.24) is 0 Å². The second-order valence-electron chi connectivity index (χ2n) is 1.77. The van der Waals surface area contributed by atoms with E-state index < -0.39 is 7.60 Å². The normalized spacial score (nSPS) is 11.9. The predicted molar refractivity (Wildman–Crippen MR) is 57.8 cm³/mol. The van der Waals surface area contributed by atoms with Gasteiger partial charge in [-0.25, -0.2) is 0 Å². The first kappa shape index (κ1) is 13.4. The summed E-state index contributed by atoms with van der Waals surface area (Å²) in [4.78, 5) is 0. The zero-order chi connectivity index (χ0) is 9.45. The Balaban J connectivity index is 3.79. The minimum absolute atomic E-state index is 0.104. The molecule has 0 aliphatic rings. The van der Waals surface area contributed by atoms with E-state index in [1.807, 2.05) is 0 Å². The fourth-order valence-corrected chi connectivity index (χ4v) is 2.64. The molecule has 0 spiro atoms. The maximum atomic E-state index is 11.5. The molecule has 0 bridgehead atoms. The fraction of sp³-hybridized carbons (Fsp3) is 1.00. The average Bonchev–Trinajstić information content (AvgIpc) is 2.11. The quantitative estimate of drug-likeness (QED) is 0.526. The molecule has 7 heteroatoms. The molecule has 0 saturated carbocycles. The molecule has 3 nitrogen and oxygen atoms in total. The van der Waals surface area contributed by atoms with Crippen molar-refractivity contribution in [1.29, 1.82) is 0 Å². The summed E-state index contributed by atoms with van der Waals surface area (Å²) in [5, 5.41) is 1.23. The molecule has 0 unspecified atom stereocenters. The predicted octanol–water partition coefficient (Wildman–Crippen LogP) is 3.20. The van der Waals surface area contributed by atoms with E-state index in [0.717, 1.165) is 0 Å². The smallest absolute Gasteiger partial charge is 0.307 e. The first-order valence-corrected chi connectivity index (χ1v) is 7.75. The van der Waals surface area contributed by atoms with Crippen molar-refractivity contribution in [2.24, 2.45) is 0 Å². The van der Waals surface area contributed by atoms with E-state index in [4.69, 9.17) is 20.6 Å². The molecule has 0 atom stereocenters. The second-order valence-corrected chi connectivity index (χ2v) is 6.06. The largest absolute Gasteiger partial charge is 0.345 e. The zero-order valence-corrected chi connectivity index (χ0v) is 11.2. The maximum Gasteiger partial charge on any atom is 0.345 e. The third-order valence-corrected chi connectivity index (χ3v) is 3.85. The molecular weight excluding hydrogens is 334 g/mol. The van der Waals surface area contributed by atoms with Crippen LogP contribution in [0.5, 0.6) is 0 Å². The molecule has 0 amide bonds. The van der Waals surface area contributed by atoms with Crippen LogP contribution in [0.4, 0.5) is 0 Å². The van der Waals surface area contributed by atoms with Crippen molar-refractivity contribution in [2.75, 3.05) is 29.5 Å². The molecule has 0 aromatic heterocycles. The lowest BCUT2D eigenvalue weighted by Gasteiger charge is -2.14. The highest BCUT2D eigenvalue weighted by Crippen LogP contribution is 2.48. The maximum absolute atomic E-state index is 11.5. The number of rotatable bonds is 7. The van der Waals surface area contributed by atoms with E-state index in [0.29, 0.717) is 23.9 Å². The summed E-state index contributed by atoms with van der Waals surface area (Å²) in [5.74, 6) is 0. The molecule has 0 aromatic rings. The van der Waals surface area contributed by atoms with Gasteiger partial charge in [-0.1, -0.05) is 31.9 Å². The molecule has 0 radical (unpaired) electrons. The Bertz CT molecular complexity index is 146. The van der Waals surface area contributed by atoms with E-state index in [-0.39, 0.29) is 5.62 Å². The first-order valence-electron chi connectivity index (χ1n) is 3.24. The van der Waals surface area contributed by atoms with Crippen LogP contribution >= 0.6 is 51.1 Å². The minimum Gasteiger partial charge on any atom is -0.307 e. The van der Waals surface area contributed by atoms with Crippen molar-refractivity contribution in [2.45, 2.75) is 0 Å². The summed E-state index contributed by atoms with van der Waals surface area (Å²) in [5.41, 5.74) is -0.104. The van der Waals surface area contributed by atoms with Crippen molar-refractivity contribution in [3.05, 3.63) is 0 Å². The van der Waals surface area contributed by atoms with E-state index >= 15 is 0 Å². The third kappa shape index (κ3) is 5.95. The van der Waals surface area contributed by atoms with Gasteiger partial charge in [0, 0.05) is 10.7 Å². The molecular formula is C5H10Br2ClO3P. The van der Waals surface area contributed by atoms with E-state index in [1.165, 1.54) is 0 Å². The van der Waals surface area contributed by atoms with Crippen LogP contribution in [-0.4, -0.2) is 29.5 Å². The van der Waals surface area contributed by atoms with E-state index in [1.54, 1.807) is 0 Å². The monoisotopic (exact) mass is 342 g/mol. The summed E-state index contributed by atoms with van der Waals surface area (Å²) < 4.78 is 21.4. The Hall–Kier alpha value is 1.40. The molecule has 0 aliphatic heterocycles. The average molecular weight is 344 g/mol. The van der Waals surface area contributed by atoms with Crippen LogP contribution in [0.2, 0.25) is 0 Å². The lowest BCUT2D eigenvalue weighted by atomic mass is 10.9. The second kappa shape index (κ2) is 7.77. The van der Waals surface area contributed by atoms with Crippen LogP contribution in [-0.2, 0) is 13.6 Å². The molecule has 0 N–H and O–H groups in total. The molecule has 0 heterocycles. The van der Waals surface area contributed by atoms with Crippen molar-refractivity contribution in [3.63, 3.8) is 0 Å². The zero-order valence-electron chi connectivity index (χ0n) is 6.34. The van der Waals surface area contributed by atoms with Crippen LogP contribution < -0.4 is 0 Å². The molecule has 0 aliphatic carbocycles. The highest BCUT2D eigenvalue weighted by atomic mass is 79.9. The van der Waals surface area contributed by atoms with Gasteiger partial charge in [0.25, 0.3) is 0 Å². The van der Waals surface area contributed by atoms with Crippen molar-refractivity contribution in [3.8, 4) is 0 Å². The van der Waals surface area contributed by atoms with Gasteiger partial charge in [0.05, 0.1) is 13.2 Å². The molecule has 12 heavy (non-hydrogen) atoms. The fourth-order valence-electron chi connectivity index (χ4n) is 0.453. The number of alkyl halides is 3. The first-order chi connectivity index (χ1) is 5.68. The number of hydrogen-bond donors (Lipinski definition) is 0. The van der Waals surface area contributed by atoms with Crippen molar-refractivity contribution < 1.29 is 13.6 Å². The van der Waals surface area contributed by atoms with Gasteiger partial charge in [0.2, 0.25) is 0 Å². The molecule has 74 valence electrons. The van der Waals surface area contributed by atoms with Gasteiger partial charge in [-0.3, -0.25) is 4.57 Å². The van der Waals surface area contributed by atoms with Crippen LogP contribution in [0, 0.1) is 0 Å². The Morgan fingerprint density at radius 3 is 1.83 bits per heavy atom. The number of hydrogen-bond acceptors (Lipinski definition) is 3. The highest BCUT2D eigenvalue weighted by molar-refractivity contribution is 9.09. The van der Waals surface area contributed by atoms with Crippen LogP contribution in [0.1, 0.15) is 0 Å². The van der Waals surface area contributed by atoms with Gasteiger partial charge >= 0.3 is 7.60 Å². The Kier molecular flexibility index (Phi) is 8.68. The Labute approximate surface area is 93.9 Å². The topological polar surface area (TPSA) is 35.5 Å². The van der Waals surface area contributed by atoms with Crippen LogP contribution in [0.3, 0.4) is 0 Å². The van der Waals surface area contributed by atoms with Gasteiger partial charge in [0.1, 0.15) is 5.62 Å². The number of halogens is 3. The molecule has 0 fully saturated rings.